The van der Waals surface area contributed by atoms with Crippen LogP contribution in [0.2, 0.25) is 0 Å². The predicted molar refractivity (Wildman–Crippen MR) is 283 cm³/mol. The summed E-state index contributed by atoms with van der Waals surface area (Å²) in [5.74, 6) is 0.659. The number of rotatable bonds is 8. The molecule has 0 fully saturated rings. The molecule has 10 aromatic carbocycles. The smallest absolute Gasteiger partial charge is 0.160 e. The van der Waals surface area contributed by atoms with Gasteiger partial charge in [0.2, 0.25) is 0 Å². The van der Waals surface area contributed by atoms with Crippen molar-refractivity contribution in [3.8, 4) is 78.7 Å². The van der Waals surface area contributed by atoms with E-state index >= 15 is 0 Å². The fourth-order valence-corrected chi connectivity index (χ4v) is 10.2. The van der Waals surface area contributed by atoms with Crippen molar-refractivity contribution in [3.05, 3.63) is 255 Å². The van der Waals surface area contributed by atoms with Gasteiger partial charge in [-0.05, 0) is 76.9 Å². The molecule has 0 aliphatic carbocycles. The van der Waals surface area contributed by atoms with Crippen LogP contribution in [0.3, 0.4) is 0 Å². The maximum absolute atomic E-state index is 5.34. The maximum Gasteiger partial charge on any atom is 0.160 e. The van der Waals surface area contributed by atoms with Gasteiger partial charge in [0.15, 0.2) is 5.82 Å². The molecule has 0 spiro atoms. The van der Waals surface area contributed by atoms with Gasteiger partial charge >= 0.3 is 0 Å². The van der Waals surface area contributed by atoms with E-state index in [1.807, 2.05) is 12.1 Å². The predicted octanol–water partition coefficient (Wildman–Crippen LogP) is 16.7. The highest BCUT2D eigenvalue weighted by atomic mass is 15.0. The van der Waals surface area contributed by atoms with Gasteiger partial charge < -0.3 is 9.13 Å². The van der Waals surface area contributed by atoms with E-state index < -0.39 is 0 Å². The summed E-state index contributed by atoms with van der Waals surface area (Å²) >= 11 is 0. The molecule has 0 radical (unpaired) electrons. The van der Waals surface area contributed by atoms with E-state index in [0.717, 1.165) is 72.6 Å². The lowest BCUT2D eigenvalue weighted by atomic mass is 9.98. The van der Waals surface area contributed by atoms with Crippen LogP contribution in [0.5, 0.6) is 0 Å². The van der Waals surface area contributed by atoms with Gasteiger partial charge in [-0.15, -0.1) is 0 Å². The van der Waals surface area contributed by atoms with E-state index in [4.69, 9.17) is 9.97 Å². The number of hydrogen-bond acceptors (Lipinski definition) is 2. The molecule has 0 aliphatic heterocycles. The monoisotopic (exact) mass is 866 g/mol. The molecule has 4 heteroatoms. The molecule has 0 atom stereocenters. The molecule has 0 saturated carbocycles. The molecule has 0 saturated heterocycles. The molecule has 318 valence electrons. The molecule has 0 bridgehead atoms. The summed E-state index contributed by atoms with van der Waals surface area (Å²) in [6.45, 7) is 0. The van der Waals surface area contributed by atoms with Gasteiger partial charge in [-0.1, -0.05) is 200 Å². The summed E-state index contributed by atoms with van der Waals surface area (Å²) in [6.07, 6.45) is 0. The molecular formula is C64H42N4. The minimum atomic E-state index is 0.659. The van der Waals surface area contributed by atoms with E-state index in [2.05, 4.69) is 252 Å². The lowest BCUT2D eigenvalue weighted by molar-refractivity contribution is 1.15. The Bertz CT molecular complexity index is 3790. The first-order valence-corrected chi connectivity index (χ1v) is 23.2. The van der Waals surface area contributed by atoms with Gasteiger partial charge in [-0.3, -0.25) is 0 Å². The minimum absolute atomic E-state index is 0.659. The van der Waals surface area contributed by atoms with Crippen molar-refractivity contribution in [3.63, 3.8) is 0 Å². The molecule has 0 unspecified atom stereocenters. The molecule has 68 heavy (non-hydrogen) atoms. The van der Waals surface area contributed by atoms with Crippen molar-refractivity contribution in [2.45, 2.75) is 0 Å². The summed E-state index contributed by atoms with van der Waals surface area (Å²) in [6, 6.07) is 91.3. The first-order valence-electron chi connectivity index (χ1n) is 23.2. The zero-order valence-corrected chi connectivity index (χ0v) is 37.0. The van der Waals surface area contributed by atoms with Crippen LogP contribution in [0.25, 0.3) is 122 Å². The number of para-hydroxylation sites is 3. The third kappa shape index (κ3) is 6.69. The van der Waals surface area contributed by atoms with Crippen molar-refractivity contribution in [2.24, 2.45) is 0 Å². The Labute approximate surface area is 394 Å². The van der Waals surface area contributed by atoms with Crippen LogP contribution < -0.4 is 0 Å². The lowest BCUT2D eigenvalue weighted by Gasteiger charge is -2.20. The Morgan fingerprint density at radius 2 is 0.632 bits per heavy atom. The number of aromatic nitrogens is 4. The van der Waals surface area contributed by atoms with Crippen molar-refractivity contribution in [1.29, 1.82) is 0 Å². The highest BCUT2D eigenvalue weighted by molar-refractivity contribution is 6.13. The quantitative estimate of drug-likeness (QED) is 0.153. The van der Waals surface area contributed by atoms with Gasteiger partial charge in [-0.25, -0.2) is 9.97 Å². The normalized spacial score (nSPS) is 11.5. The molecule has 13 aromatic rings. The molecule has 3 heterocycles. The SMILES string of the molecule is c1ccc(-c2ccc3c(c2)c2cc(-c4ccccc4)ccc2n3-c2cc(-c3nc(-c4ccccc4)cc(-c4ccccc4)n3)ccc2-c2ccccc2-n2c3ccccc3c3ccccc32)cc1. The van der Waals surface area contributed by atoms with Gasteiger partial charge in [0, 0.05) is 49.4 Å². The lowest BCUT2D eigenvalue weighted by Crippen LogP contribution is -2.03. The maximum atomic E-state index is 5.34. The fourth-order valence-electron chi connectivity index (χ4n) is 10.2. The summed E-state index contributed by atoms with van der Waals surface area (Å²) in [5.41, 5.74) is 18.3. The highest BCUT2D eigenvalue weighted by Crippen LogP contribution is 2.43. The van der Waals surface area contributed by atoms with E-state index in [1.165, 1.54) is 43.8 Å². The van der Waals surface area contributed by atoms with Crippen LogP contribution in [0, 0.1) is 0 Å². The third-order valence-corrected chi connectivity index (χ3v) is 13.4. The standard InChI is InChI=1S/C64H42N4/c1-5-19-43(20-6-1)47-34-37-61-54(39-47)55-40-48(44-21-7-2-8-22-44)35-38-62(55)68(61)63-41-49(64-65-56(45-23-9-3-10-24-45)42-57(66-64)46-25-11-4-12-26-46)33-36-53(63)52-29-15-18-32-60(52)67-58-30-16-13-27-50(58)51-28-14-17-31-59(51)67/h1-42H. The molecule has 3 aromatic heterocycles. The molecule has 0 amide bonds. The van der Waals surface area contributed by atoms with Crippen LogP contribution in [0.4, 0.5) is 0 Å². The molecule has 0 aliphatic rings. The van der Waals surface area contributed by atoms with E-state index in [9.17, 15) is 0 Å². The fraction of sp³-hybridized carbons (Fsp3) is 0. The average molecular weight is 867 g/mol. The third-order valence-electron chi connectivity index (χ3n) is 13.4. The zero-order chi connectivity index (χ0) is 45.0. The van der Waals surface area contributed by atoms with Crippen LogP contribution in [0.1, 0.15) is 0 Å². The number of hydrogen-bond donors (Lipinski definition) is 0. The summed E-state index contributed by atoms with van der Waals surface area (Å²) in [4.78, 5) is 10.7. The second-order valence-electron chi connectivity index (χ2n) is 17.3. The highest BCUT2D eigenvalue weighted by Gasteiger charge is 2.23. The van der Waals surface area contributed by atoms with Crippen LogP contribution in [-0.4, -0.2) is 19.1 Å². The van der Waals surface area contributed by atoms with E-state index in [-0.39, 0.29) is 0 Å². The number of fused-ring (bicyclic) bond motifs is 6. The van der Waals surface area contributed by atoms with Crippen LogP contribution >= 0.6 is 0 Å². The van der Waals surface area contributed by atoms with Crippen molar-refractivity contribution >= 4 is 43.6 Å². The van der Waals surface area contributed by atoms with Crippen molar-refractivity contribution < 1.29 is 0 Å². The number of benzene rings is 10. The van der Waals surface area contributed by atoms with Gasteiger partial charge in [0.25, 0.3) is 0 Å². The summed E-state index contributed by atoms with van der Waals surface area (Å²) in [5, 5.41) is 4.81. The minimum Gasteiger partial charge on any atom is -0.309 e. The zero-order valence-electron chi connectivity index (χ0n) is 37.0. The largest absolute Gasteiger partial charge is 0.309 e. The van der Waals surface area contributed by atoms with Crippen molar-refractivity contribution in [2.75, 3.05) is 0 Å². The summed E-state index contributed by atoms with van der Waals surface area (Å²) < 4.78 is 4.90. The Morgan fingerprint density at radius 1 is 0.235 bits per heavy atom. The second-order valence-corrected chi connectivity index (χ2v) is 17.3. The average Bonchev–Trinajstić information content (AvgIpc) is 3.93. The topological polar surface area (TPSA) is 35.6 Å². The van der Waals surface area contributed by atoms with Gasteiger partial charge in [0.1, 0.15) is 0 Å². The van der Waals surface area contributed by atoms with Crippen LogP contribution in [0.15, 0.2) is 255 Å². The summed E-state index contributed by atoms with van der Waals surface area (Å²) in [7, 11) is 0. The molecular weight excluding hydrogens is 825 g/mol. The van der Waals surface area contributed by atoms with Gasteiger partial charge in [0.05, 0.1) is 44.8 Å². The second kappa shape index (κ2) is 16.4. The van der Waals surface area contributed by atoms with E-state index in [0.29, 0.717) is 5.82 Å². The Morgan fingerprint density at radius 3 is 1.16 bits per heavy atom. The van der Waals surface area contributed by atoms with Crippen molar-refractivity contribution in [1.82, 2.24) is 19.1 Å². The van der Waals surface area contributed by atoms with Gasteiger partial charge in [-0.2, -0.15) is 0 Å². The molecule has 4 nitrogen and oxygen atoms in total. The number of nitrogens with zero attached hydrogens (tertiary/aromatic N) is 4. The Kier molecular flexibility index (Phi) is 9.47. The van der Waals surface area contributed by atoms with E-state index in [1.54, 1.807) is 0 Å². The Balaban J connectivity index is 1.12. The first-order chi connectivity index (χ1) is 33.7. The molecule has 0 N–H and O–H groups in total. The first kappa shape index (κ1) is 39.3. The molecule has 13 rings (SSSR count). The Hall–Kier alpha value is -9.12. The van der Waals surface area contributed by atoms with Crippen LogP contribution in [-0.2, 0) is 0 Å².